The Balaban J connectivity index is 1.16. The van der Waals surface area contributed by atoms with E-state index in [1.807, 2.05) is 0 Å². The van der Waals surface area contributed by atoms with Gasteiger partial charge in [0.05, 0.1) is 0 Å². The van der Waals surface area contributed by atoms with Gasteiger partial charge in [-0.15, -0.1) is 0 Å². The highest BCUT2D eigenvalue weighted by Crippen LogP contribution is 2.54. The van der Waals surface area contributed by atoms with Crippen molar-refractivity contribution in [3.05, 3.63) is 181 Å². The van der Waals surface area contributed by atoms with Gasteiger partial charge in [0.1, 0.15) is 0 Å². The minimum atomic E-state index is -0.0773. The third-order valence-electron chi connectivity index (χ3n) is 11.0. The van der Waals surface area contributed by atoms with Crippen LogP contribution in [0.4, 0.5) is 0 Å². The van der Waals surface area contributed by atoms with Gasteiger partial charge in [0.15, 0.2) is 0 Å². The predicted molar refractivity (Wildman–Crippen MR) is 210 cm³/mol. The van der Waals surface area contributed by atoms with E-state index in [9.17, 15) is 0 Å². The Hall–Kier alpha value is -5.98. The second kappa shape index (κ2) is 10.5. The molecule has 10 rings (SSSR count). The lowest BCUT2D eigenvalue weighted by molar-refractivity contribution is 0.666. The lowest BCUT2D eigenvalue weighted by atomic mass is 9.80. The van der Waals surface area contributed by atoms with Gasteiger partial charge in [0.25, 0.3) is 0 Å². The molecular weight excluding hydrogens is 589 g/mol. The first-order chi connectivity index (χ1) is 24.1. The van der Waals surface area contributed by atoms with Gasteiger partial charge in [-0.3, -0.25) is 0 Å². The second-order valence-corrected chi connectivity index (χ2v) is 14.0. The molecule has 1 aliphatic rings. The fourth-order valence-electron chi connectivity index (χ4n) is 8.80. The molecule has 0 heterocycles. The van der Waals surface area contributed by atoms with Crippen LogP contribution in [-0.4, -0.2) is 0 Å². The minimum Gasteiger partial charge on any atom is -0.0616 e. The van der Waals surface area contributed by atoms with Crippen molar-refractivity contribution in [1.82, 2.24) is 0 Å². The summed E-state index contributed by atoms with van der Waals surface area (Å²) in [7, 11) is 0. The molecule has 0 atom stereocenters. The highest BCUT2D eigenvalue weighted by molar-refractivity contribution is 6.21. The van der Waals surface area contributed by atoms with E-state index in [0.717, 1.165) is 0 Å². The Bertz CT molecular complexity index is 2720. The molecule has 0 unspecified atom stereocenters. The molecule has 0 spiro atoms. The molecule has 0 aromatic heterocycles. The monoisotopic (exact) mass is 622 g/mol. The van der Waals surface area contributed by atoms with Crippen LogP contribution in [0, 0.1) is 0 Å². The SMILES string of the molecule is CC1(C)c2cccc(-c3ccc(-c4c5ccccc5c(-c5ccc6ccccc6c5)c5ccccc45)cc3)c2-c2ccc3ccccc3c21. The van der Waals surface area contributed by atoms with E-state index in [1.54, 1.807) is 0 Å². The standard InChI is InChI=1S/C49H34/c1-49(2)44-21-11-20-37(47(44)43-29-28-32-13-5-6-15-38(32)48(43)49)33-23-25-34(26-24-33)45-39-16-7-9-18-41(39)46(42-19-10-8-17-40(42)45)36-27-22-31-12-3-4-14-35(31)30-36/h3-30H,1-2H3. The van der Waals surface area contributed by atoms with Crippen molar-refractivity contribution < 1.29 is 0 Å². The lowest BCUT2D eigenvalue weighted by Gasteiger charge is -2.23. The summed E-state index contributed by atoms with van der Waals surface area (Å²) in [6.07, 6.45) is 0. The van der Waals surface area contributed by atoms with Gasteiger partial charge in [-0.2, -0.15) is 0 Å². The summed E-state index contributed by atoms with van der Waals surface area (Å²) >= 11 is 0. The predicted octanol–water partition coefficient (Wildman–Crippen LogP) is 13.6. The Labute approximate surface area is 286 Å². The molecule has 0 amide bonds. The molecule has 49 heavy (non-hydrogen) atoms. The molecule has 0 N–H and O–H groups in total. The zero-order chi connectivity index (χ0) is 32.7. The van der Waals surface area contributed by atoms with Gasteiger partial charge in [0, 0.05) is 5.41 Å². The maximum atomic E-state index is 2.38. The first-order valence-corrected chi connectivity index (χ1v) is 17.3. The summed E-state index contributed by atoms with van der Waals surface area (Å²) in [5.41, 5.74) is 13.1. The smallest absolute Gasteiger partial charge is 0.0165 e. The molecule has 9 aromatic rings. The van der Waals surface area contributed by atoms with Gasteiger partial charge in [-0.05, 0) is 105 Å². The van der Waals surface area contributed by atoms with Crippen molar-refractivity contribution >= 4 is 43.1 Å². The summed E-state index contributed by atoms with van der Waals surface area (Å²) in [4.78, 5) is 0. The highest BCUT2D eigenvalue weighted by atomic mass is 14.4. The van der Waals surface area contributed by atoms with Gasteiger partial charge in [0.2, 0.25) is 0 Å². The third-order valence-corrected chi connectivity index (χ3v) is 11.0. The molecular formula is C49H34. The van der Waals surface area contributed by atoms with Gasteiger partial charge >= 0.3 is 0 Å². The average molecular weight is 623 g/mol. The van der Waals surface area contributed by atoms with Crippen LogP contribution in [0.5, 0.6) is 0 Å². The summed E-state index contributed by atoms with van der Waals surface area (Å²) in [6, 6.07) is 63.1. The molecule has 0 bridgehead atoms. The van der Waals surface area contributed by atoms with E-state index in [0.29, 0.717) is 0 Å². The normalized spacial score (nSPS) is 13.3. The topological polar surface area (TPSA) is 0 Å². The van der Waals surface area contributed by atoms with Crippen molar-refractivity contribution in [2.75, 3.05) is 0 Å². The Morgan fingerprint density at radius 2 is 0.837 bits per heavy atom. The molecule has 0 saturated heterocycles. The summed E-state index contributed by atoms with van der Waals surface area (Å²) in [5.74, 6) is 0. The lowest BCUT2D eigenvalue weighted by Crippen LogP contribution is -2.15. The molecule has 0 nitrogen and oxygen atoms in total. The van der Waals surface area contributed by atoms with Crippen LogP contribution in [-0.2, 0) is 5.41 Å². The minimum absolute atomic E-state index is 0.0773. The molecule has 0 aliphatic heterocycles. The van der Waals surface area contributed by atoms with Gasteiger partial charge in [-0.25, -0.2) is 0 Å². The van der Waals surface area contributed by atoms with Crippen molar-refractivity contribution in [2.24, 2.45) is 0 Å². The number of benzene rings is 9. The van der Waals surface area contributed by atoms with Crippen LogP contribution in [0.15, 0.2) is 170 Å². The number of rotatable bonds is 3. The van der Waals surface area contributed by atoms with E-state index in [2.05, 4.69) is 184 Å². The molecule has 1 aliphatic carbocycles. The highest BCUT2D eigenvalue weighted by Gasteiger charge is 2.38. The number of fused-ring (bicyclic) bond motifs is 8. The maximum Gasteiger partial charge on any atom is 0.0165 e. The summed E-state index contributed by atoms with van der Waals surface area (Å²) < 4.78 is 0. The van der Waals surface area contributed by atoms with Crippen molar-refractivity contribution in [1.29, 1.82) is 0 Å². The fourth-order valence-corrected chi connectivity index (χ4v) is 8.80. The van der Waals surface area contributed by atoms with Crippen molar-refractivity contribution in [2.45, 2.75) is 19.3 Å². The Morgan fingerprint density at radius 3 is 1.51 bits per heavy atom. The average Bonchev–Trinajstić information content (AvgIpc) is 3.40. The maximum absolute atomic E-state index is 2.38. The van der Waals surface area contributed by atoms with Crippen LogP contribution >= 0.6 is 0 Å². The van der Waals surface area contributed by atoms with E-state index in [-0.39, 0.29) is 5.41 Å². The first-order valence-electron chi connectivity index (χ1n) is 17.3. The number of hydrogen-bond acceptors (Lipinski definition) is 0. The van der Waals surface area contributed by atoms with Crippen molar-refractivity contribution in [3.8, 4) is 44.5 Å². The number of hydrogen-bond donors (Lipinski definition) is 0. The molecule has 0 saturated carbocycles. The molecule has 9 aromatic carbocycles. The Morgan fingerprint density at radius 1 is 0.327 bits per heavy atom. The van der Waals surface area contributed by atoms with Crippen LogP contribution in [0.2, 0.25) is 0 Å². The van der Waals surface area contributed by atoms with E-state index in [4.69, 9.17) is 0 Å². The molecule has 0 radical (unpaired) electrons. The van der Waals surface area contributed by atoms with Crippen molar-refractivity contribution in [3.63, 3.8) is 0 Å². The van der Waals surface area contributed by atoms with Crippen LogP contribution < -0.4 is 0 Å². The van der Waals surface area contributed by atoms with E-state index < -0.39 is 0 Å². The van der Waals surface area contributed by atoms with Crippen LogP contribution in [0.3, 0.4) is 0 Å². The molecule has 0 heteroatoms. The van der Waals surface area contributed by atoms with Gasteiger partial charge < -0.3 is 0 Å². The third kappa shape index (κ3) is 4.11. The van der Waals surface area contributed by atoms with E-state index in [1.165, 1.54) is 98.7 Å². The first kappa shape index (κ1) is 28.1. The van der Waals surface area contributed by atoms with Crippen LogP contribution in [0.1, 0.15) is 25.0 Å². The van der Waals surface area contributed by atoms with E-state index >= 15 is 0 Å². The quantitative estimate of drug-likeness (QED) is 0.172. The zero-order valence-corrected chi connectivity index (χ0v) is 27.7. The largest absolute Gasteiger partial charge is 0.0616 e. The Kier molecular flexibility index (Phi) is 6.02. The summed E-state index contributed by atoms with van der Waals surface area (Å²) in [5, 5.41) is 10.3. The second-order valence-electron chi connectivity index (χ2n) is 14.0. The zero-order valence-electron chi connectivity index (χ0n) is 27.7. The van der Waals surface area contributed by atoms with Gasteiger partial charge in [-0.1, -0.05) is 178 Å². The summed E-state index contributed by atoms with van der Waals surface area (Å²) in [6.45, 7) is 4.77. The molecule has 0 fully saturated rings. The fraction of sp³-hybridized carbons (Fsp3) is 0.0612. The van der Waals surface area contributed by atoms with Crippen LogP contribution in [0.25, 0.3) is 87.6 Å². The molecule has 230 valence electrons.